The third-order valence-corrected chi connectivity index (χ3v) is 4.88. The molecule has 2 amide bonds. The first-order chi connectivity index (χ1) is 8.83. The fourth-order valence-electron chi connectivity index (χ4n) is 2.78. The van der Waals surface area contributed by atoms with E-state index < -0.39 is 0 Å². The summed E-state index contributed by atoms with van der Waals surface area (Å²) < 4.78 is 0. The summed E-state index contributed by atoms with van der Waals surface area (Å²) in [6.45, 7) is 0. The van der Waals surface area contributed by atoms with Crippen molar-refractivity contribution < 1.29 is 4.79 Å². The van der Waals surface area contributed by atoms with Gasteiger partial charge in [-0.05, 0) is 43.0 Å². The number of carbonyl (C=O) groups excluding carboxylic acids is 1. The first kappa shape index (κ1) is 12.0. The Morgan fingerprint density at radius 1 is 1.28 bits per heavy atom. The van der Waals surface area contributed by atoms with Crippen molar-refractivity contribution >= 4 is 17.4 Å². The van der Waals surface area contributed by atoms with Crippen molar-refractivity contribution in [3.63, 3.8) is 0 Å². The van der Waals surface area contributed by atoms with E-state index in [0.29, 0.717) is 12.0 Å². The number of urea groups is 1. The smallest absolute Gasteiger partial charge is 0.315 e. The molecule has 1 unspecified atom stereocenters. The van der Waals surface area contributed by atoms with Crippen LogP contribution in [0.3, 0.4) is 0 Å². The molecule has 1 aromatic heterocycles. The van der Waals surface area contributed by atoms with Crippen molar-refractivity contribution in [2.75, 3.05) is 0 Å². The normalized spacial score (nSPS) is 21.8. The van der Waals surface area contributed by atoms with E-state index in [4.69, 9.17) is 0 Å². The molecule has 0 aromatic carbocycles. The van der Waals surface area contributed by atoms with Gasteiger partial charge >= 0.3 is 6.03 Å². The molecule has 3 nitrogen and oxygen atoms in total. The molecule has 1 aromatic rings. The second-order valence-corrected chi connectivity index (χ2v) is 6.41. The second-order valence-electron chi connectivity index (χ2n) is 5.43. The SMILES string of the molecule is O=C(NC1CC1)NC(c1cccs1)C1CCCC1. The fourth-order valence-corrected chi connectivity index (χ4v) is 3.65. The summed E-state index contributed by atoms with van der Waals surface area (Å²) in [4.78, 5) is 13.2. The molecule has 0 radical (unpaired) electrons. The maximum atomic E-state index is 11.9. The Hall–Kier alpha value is -1.03. The Balaban J connectivity index is 1.66. The highest BCUT2D eigenvalue weighted by molar-refractivity contribution is 7.10. The van der Waals surface area contributed by atoms with E-state index in [9.17, 15) is 4.79 Å². The Morgan fingerprint density at radius 2 is 2.06 bits per heavy atom. The van der Waals surface area contributed by atoms with Gasteiger partial charge in [-0.2, -0.15) is 0 Å². The van der Waals surface area contributed by atoms with Gasteiger partial charge in [0.2, 0.25) is 0 Å². The van der Waals surface area contributed by atoms with Crippen molar-refractivity contribution in [3.8, 4) is 0 Å². The van der Waals surface area contributed by atoms with Crippen LogP contribution in [0.4, 0.5) is 4.79 Å². The van der Waals surface area contributed by atoms with Crippen molar-refractivity contribution in [3.05, 3.63) is 22.4 Å². The van der Waals surface area contributed by atoms with E-state index in [1.54, 1.807) is 11.3 Å². The summed E-state index contributed by atoms with van der Waals surface area (Å²) >= 11 is 1.75. The highest BCUT2D eigenvalue weighted by atomic mass is 32.1. The minimum atomic E-state index is 0.0165. The number of carbonyl (C=O) groups is 1. The largest absolute Gasteiger partial charge is 0.335 e. The van der Waals surface area contributed by atoms with Gasteiger partial charge in [0.05, 0.1) is 6.04 Å². The Morgan fingerprint density at radius 3 is 2.67 bits per heavy atom. The Bertz CT molecular complexity index is 394. The Kier molecular flexibility index (Phi) is 3.55. The van der Waals surface area contributed by atoms with Gasteiger partial charge in [0.1, 0.15) is 0 Å². The molecule has 3 rings (SSSR count). The number of nitrogens with one attached hydrogen (secondary N) is 2. The molecule has 0 bridgehead atoms. The molecule has 1 atom stereocenters. The van der Waals surface area contributed by atoms with Crippen molar-refractivity contribution in [2.45, 2.75) is 50.6 Å². The summed E-state index contributed by atoms with van der Waals surface area (Å²) in [5.74, 6) is 0.619. The summed E-state index contributed by atoms with van der Waals surface area (Å²) in [5.41, 5.74) is 0. The third kappa shape index (κ3) is 2.86. The molecular weight excluding hydrogens is 244 g/mol. The summed E-state index contributed by atoms with van der Waals surface area (Å²) in [6, 6.07) is 4.87. The lowest BCUT2D eigenvalue weighted by atomic mass is 9.97. The second kappa shape index (κ2) is 5.31. The van der Waals surface area contributed by atoms with Crippen LogP contribution >= 0.6 is 11.3 Å². The zero-order chi connectivity index (χ0) is 12.4. The minimum absolute atomic E-state index is 0.0165. The maximum Gasteiger partial charge on any atom is 0.315 e. The van der Waals surface area contributed by atoms with E-state index in [1.807, 2.05) is 0 Å². The summed E-state index contributed by atoms with van der Waals surface area (Å²) in [5, 5.41) is 8.31. The lowest BCUT2D eigenvalue weighted by Gasteiger charge is -2.24. The number of hydrogen-bond donors (Lipinski definition) is 2. The van der Waals surface area contributed by atoms with Crippen molar-refractivity contribution in [2.24, 2.45) is 5.92 Å². The van der Waals surface area contributed by atoms with Crippen LogP contribution < -0.4 is 10.6 Å². The Labute approximate surface area is 112 Å². The number of thiophene rings is 1. The summed E-state index contributed by atoms with van der Waals surface area (Å²) in [7, 11) is 0. The van der Waals surface area contributed by atoms with Crippen molar-refractivity contribution in [1.82, 2.24) is 10.6 Å². The molecule has 2 saturated carbocycles. The fraction of sp³-hybridized carbons (Fsp3) is 0.643. The monoisotopic (exact) mass is 264 g/mol. The van der Waals surface area contributed by atoms with E-state index in [2.05, 4.69) is 28.1 Å². The quantitative estimate of drug-likeness (QED) is 0.859. The van der Waals surface area contributed by atoms with Gasteiger partial charge in [-0.15, -0.1) is 11.3 Å². The molecule has 2 fully saturated rings. The standard InChI is InChI=1S/C14H20N2OS/c17-14(15-11-7-8-11)16-13(10-4-1-2-5-10)12-6-3-9-18-12/h3,6,9-11,13H,1-2,4-5,7-8H2,(H2,15,16,17). The van der Waals surface area contributed by atoms with Crippen LogP contribution in [-0.2, 0) is 0 Å². The number of amides is 2. The molecule has 2 aliphatic rings. The van der Waals surface area contributed by atoms with Crippen LogP contribution in [0.5, 0.6) is 0 Å². The molecule has 0 aliphatic heterocycles. The first-order valence-corrected chi connectivity index (χ1v) is 7.81. The van der Waals surface area contributed by atoms with Gasteiger partial charge in [0, 0.05) is 10.9 Å². The van der Waals surface area contributed by atoms with Gasteiger partial charge in [-0.25, -0.2) is 4.79 Å². The van der Waals surface area contributed by atoms with Gasteiger partial charge in [-0.3, -0.25) is 0 Å². The van der Waals surface area contributed by atoms with Crippen LogP contribution in [-0.4, -0.2) is 12.1 Å². The maximum absolute atomic E-state index is 11.9. The van der Waals surface area contributed by atoms with Crippen LogP contribution in [0.2, 0.25) is 0 Å². The molecule has 98 valence electrons. The predicted octanol–water partition coefficient (Wildman–Crippen LogP) is 3.44. The van der Waals surface area contributed by atoms with Crippen molar-refractivity contribution in [1.29, 1.82) is 0 Å². The molecule has 2 aliphatic carbocycles. The highest BCUT2D eigenvalue weighted by Crippen LogP contribution is 2.37. The van der Waals surface area contributed by atoms with E-state index in [0.717, 1.165) is 12.8 Å². The zero-order valence-electron chi connectivity index (χ0n) is 10.5. The molecule has 1 heterocycles. The van der Waals surface area contributed by atoms with Gasteiger partial charge in [0.25, 0.3) is 0 Å². The number of hydrogen-bond acceptors (Lipinski definition) is 2. The molecule has 4 heteroatoms. The van der Waals surface area contributed by atoms with E-state index in [-0.39, 0.29) is 12.1 Å². The number of rotatable bonds is 4. The van der Waals surface area contributed by atoms with Crippen LogP contribution in [0, 0.1) is 5.92 Å². The predicted molar refractivity (Wildman–Crippen MR) is 73.7 cm³/mol. The molecule has 18 heavy (non-hydrogen) atoms. The zero-order valence-corrected chi connectivity index (χ0v) is 11.3. The van der Waals surface area contributed by atoms with E-state index in [1.165, 1.54) is 30.6 Å². The molecule has 2 N–H and O–H groups in total. The van der Waals surface area contributed by atoms with Crippen LogP contribution in [0.15, 0.2) is 17.5 Å². The molecular formula is C14H20N2OS. The van der Waals surface area contributed by atoms with E-state index >= 15 is 0 Å². The minimum Gasteiger partial charge on any atom is -0.335 e. The van der Waals surface area contributed by atoms with Gasteiger partial charge in [-0.1, -0.05) is 18.9 Å². The average molecular weight is 264 g/mol. The average Bonchev–Trinajstić information content (AvgIpc) is 2.91. The summed E-state index contributed by atoms with van der Waals surface area (Å²) in [6.07, 6.45) is 7.37. The topological polar surface area (TPSA) is 41.1 Å². The van der Waals surface area contributed by atoms with Gasteiger partial charge in [0.15, 0.2) is 0 Å². The van der Waals surface area contributed by atoms with Gasteiger partial charge < -0.3 is 10.6 Å². The third-order valence-electron chi connectivity index (χ3n) is 3.92. The first-order valence-electron chi connectivity index (χ1n) is 6.93. The molecule has 0 spiro atoms. The lowest BCUT2D eigenvalue weighted by Crippen LogP contribution is -2.40. The highest BCUT2D eigenvalue weighted by Gasteiger charge is 2.30. The molecule has 0 saturated heterocycles. The lowest BCUT2D eigenvalue weighted by molar-refractivity contribution is 0.231. The van der Waals surface area contributed by atoms with Crippen LogP contribution in [0.1, 0.15) is 49.4 Å². The van der Waals surface area contributed by atoms with Crippen LogP contribution in [0.25, 0.3) is 0 Å².